The van der Waals surface area contributed by atoms with Gasteiger partial charge in [-0.1, -0.05) is 18.2 Å². The van der Waals surface area contributed by atoms with Gasteiger partial charge in [0.05, 0.1) is 11.4 Å². The van der Waals surface area contributed by atoms with Crippen molar-refractivity contribution in [2.75, 3.05) is 35.2 Å². The van der Waals surface area contributed by atoms with Gasteiger partial charge < -0.3 is 25.4 Å². The molecule has 0 saturated carbocycles. The molecule has 0 spiro atoms. The number of fused-ring (bicyclic) bond motifs is 4. The molecule has 2 atom stereocenters. The summed E-state index contributed by atoms with van der Waals surface area (Å²) in [6, 6.07) is 17.5. The second kappa shape index (κ2) is 10.8. The maximum Gasteiger partial charge on any atom is 0.251 e. The summed E-state index contributed by atoms with van der Waals surface area (Å²) in [5, 5.41) is 9.96. The minimum absolute atomic E-state index is 0.0747. The Balaban J connectivity index is 1.44. The molecule has 2 aromatic carbocycles. The first-order valence-electron chi connectivity index (χ1n) is 12.9. The van der Waals surface area contributed by atoms with Crippen LogP contribution in [0.1, 0.15) is 39.5 Å². The van der Waals surface area contributed by atoms with Crippen LogP contribution in [0, 0.1) is 19.8 Å². The summed E-state index contributed by atoms with van der Waals surface area (Å²) in [5.41, 5.74) is 6.68. The molecule has 1 fully saturated rings. The molecule has 2 aliphatic rings. The lowest BCUT2D eigenvalue weighted by molar-refractivity contribution is 0.0958. The number of hydrogen-bond acceptors (Lipinski definition) is 4. The number of pyridine rings is 1. The van der Waals surface area contributed by atoms with Crippen molar-refractivity contribution in [3.05, 3.63) is 100.0 Å². The lowest BCUT2D eigenvalue weighted by atomic mass is 9.83. The summed E-state index contributed by atoms with van der Waals surface area (Å²) < 4.78 is 1.94. The van der Waals surface area contributed by atoms with Gasteiger partial charge in [0.1, 0.15) is 0 Å². The standard InChI is InChI=1S/C30H33N5O2S/c1-4-10-31-29(37)22-8-9-27(25(15-22)33-30(38)32-24-12-19(2)11-20(3)13-24)34-16-21-14-23(18-34)26-6-5-7-28(36)35(26)17-21/h4-9,11-13,15,21,23H,1,10,14,16-18H2,2-3H3,(H,31,37)(H2,32,33,38). The van der Waals surface area contributed by atoms with Crippen LogP contribution in [-0.4, -0.2) is 35.2 Å². The summed E-state index contributed by atoms with van der Waals surface area (Å²) in [7, 11) is 0. The Hall–Kier alpha value is -3.91. The predicted molar refractivity (Wildman–Crippen MR) is 158 cm³/mol. The van der Waals surface area contributed by atoms with E-state index in [0.29, 0.717) is 23.1 Å². The Morgan fingerprint density at radius 3 is 2.61 bits per heavy atom. The molecule has 2 unspecified atom stereocenters. The average Bonchev–Trinajstić information content (AvgIpc) is 2.87. The highest BCUT2D eigenvalue weighted by Crippen LogP contribution is 2.39. The van der Waals surface area contributed by atoms with E-state index in [1.807, 2.05) is 41.0 Å². The molecule has 3 heterocycles. The molecule has 1 saturated heterocycles. The van der Waals surface area contributed by atoms with E-state index in [4.69, 9.17) is 12.2 Å². The molecule has 2 aliphatic heterocycles. The maximum atomic E-state index is 12.7. The Morgan fingerprint density at radius 2 is 1.84 bits per heavy atom. The Bertz CT molecular complexity index is 1440. The number of nitrogens with zero attached hydrogens (tertiary/aromatic N) is 2. The Morgan fingerprint density at radius 1 is 1.05 bits per heavy atom. The third-order valence-electron chi connectivity index (χ3n) is 7.21. The molecule has 3 N–H and O–H groups in total. The molecule has 2 bridgehead atoms. The van der Waals surface area contributed by atoms with Crippen molar-refractivity contribution in [3.63, 3.8) is 0 Å². The number of nitrogens with one attached hydrogen (secondary N) is 3. The minimum Gasteiger partial charge on any atom is -0.369 e. The lowest BCUT2D eigenvalue weighted by Gasteiger charge is -2.44. The minimum atomic E-state index is -0.170. The van der Waals surface area contributed by atoms with E-state index < -0.39 is 0 Å². The van der Waals surface area contributed by atoms with Crippen LogP contribution >= 0.6 is 12.2 Å². The van der Waals surface area contributed by atoms with E-state index in [1.54, 1.807) is 12.1 Å². The number of carbonyl (C=O) groups is 1. The van der Waals surface area contributed by atoms with E-state index in [9.17, 15) is 9.59 Å². The Labute approximate surface area is 228 Å². The first kappa shape index (κ1) is 25.7. The highest BCUT2D eigenvalue weighted by Gasteiger charge is 2.35. The number of amides is 1. The van der Waals surface area contributed by atoms with Crippen molar-refractivity contribution in [2.45, 2.75) is 32.7 Å². The number of aromatic nitrogens is 1. The first-order valence-corrected chi connectivity index (χ1v) is 13.4. The van der Waals surface area contributed by atoms with Crippen molar-refractivity contribution in [1.29, 1.82) is 0 Å². The van der Waals surface area contributed by atoms with Crippen LogP contribution in [0.25, 0.3) is 0 Å². The van der Waals surface area contributed by atoms with Crippen LogP contribution in [0.15, 0.2) is 72.0 Å². The van der Waals surface area contributed by atoms with Gasteiger partial charge in [-0.2, -0.15) is 0 Å². The number of anilines is 3. The maximum absolute atomic E-state index is 12.7. The molecule has 5 rings (SSSR count). The largest absolute Gasteiger partial charge is 0.369 e. The van der Waals surface area contributed by atoms with Crippen LogP contribution in [0.5, 0.6) is 0 Å². The van der Waals surface area contributed by atoms with Gasteiger partial charge in [0.15, 0.2) is 5.11 Å². The molecular weight excluding hydrogens is 494 g/mol. The number of rotatable bonds is 6. The van der Waals surface area contributed by atoms with E-state index in [0.717, 1.165) is 59.9 Å². The molecule has 38 heavy (non-hydrogen) atoms. The summed E-state index contributed by atoms with van der Waals surface area (Å²) in [6.07, 6.45) is 2.72. The third kappa shape index (κ3) is 5.50. The van der Waals surface area contributed by atoms with E-state index >= 15 is 0 Å². The summed E-state index contributed by atoms with van der Waals surface area (Å²) in [6.45, 7) is 10.5. The fourth-order valence-corrected chi connectivity index (χ4v) is 5.97. The van der Waals surface area contributed by atoms with Crippen LogP contribution in [0.3, 0.4) is 0 Å². The quantitative estimate of drug-likeness (QED) is 0.315. The number of aryl methyl sites for hydroxylation is 2. The van der Waals surface area contributed by atoms with Crippen molar-refractivity contribution < 1.29 is 4.79 Å². The van der Waals surface area contributed by atoms with E-state index in [2.05, 4.69) is 53.4 Å². The number of hydrogen-bond donors (Lipinski definition) is 3. The third-order valence-corrected chi connectivity index (χ3v) is 7.42. The van der Waals surface area contributed by atoms with Crippen molar-refractivity contribution in [1.82, 2.24) is 9.88 Å². The zero-order chi connectivity index (χ0) is 26.8. The van der Waals surface area contributed by atoms with Gasteiger partial charge in [0.2, 0.25) is 0 Å². The molecule has 8 heteroatoms. The monoisotopic (exact) mass is 527 g/mol. The van der Waals surface area contributed by atoms with Gasteiger partial charge in [-0.05, 0) is 85.9 Å². The van der Waals surface area contributed by atoms with Gasteiger partial charge in [0.25, 0.3) is 11.5 Å². The Kier molecular flexibility index (Phi) is 7.33. The second-order valence-corrected chi connectivity index (χ2v) is 10.7. The molecule has 0 aliphatic carbocycles. The average molecular weight is 528 g/mol. The number of thiocarbonyl (C=S) groups is 1. The summed E-state index contributed by atoms with van der Waals surface area (Å²) in [4.78, 5) is 27.6. The van der Waals surface area contributed by atoms with E-state index in [1.165, 1.54) is 0 Å². The van der Waals surface area contributed by atoms with Gasteiger partial charge in [-0.25, -0.2) is 0 Å². The summed E-state index contributed by atoms with van der Waals surface area (Å²) >= 11 is 5.70. The number of piperidine rings is 1. The highest BCUT2D eigenvalue weighted by molar-refractivity contribution is 7.80. The van der Waals surface area contributed by atoms with E-state index in [-0.39, 0.29) is 17.4 Å². The smallest absolute Gasteiger partial charge is 0.251 e. The number of carbonyl (C=O) groups excluding carboxylic acids is 1. The number of benzene rings is 2. The molecule has 1 aromatic heterocycles. The van der Waals surface area contributed by atoms with Crippen LogP contribution < -0.4 is 26.4 Å². The topological polar surface area (TPSA) is 78.4 Å². The van der Waals surface area contributed by atoms with Crippen molar-refractivity contribution >= 4 is 40.3 Å². The SMILES string of the molecule is C=CCNC(=O)c1ccc(N2CC3CC(C2)c2cccc(=O)n2C3)c(NC(=S)Nc2cc(C)cc(C)c2)c1. The first-order chi connectivity index (χ1) is 18.3. The zero-order valence-corrected chi connectivity index (χ0v) is 22.6. The molecule has 1 amide bonds. The van der Waals surface area contributed by atoms with Gasteiger partial charge in [-0.15, -0.1) is 6.58 Å². The fourth-order valence-electron chi connectivity index (χ4n) is 5.74. The second-order valence-electron chi connectivity index (χ2n) is 10.3. The normalized spacial score (nSPS) is 17.8. The van der Waals surface area contributed by atoms with Crippen LogP contribution in [0.2, 0.25) is 0 Å². The van der Waals surface area contributed by atoms with Gasteiger partial charge >= 0.3 is 0 Å². The van der Waals surface area contributed by atoms with Gasteiger partial charge in [-0.3, -0.25) is 9.59 Å². The lowest BCUT2D eigenvalue weighted by Crippen LogP contribution is -2.47. The van der Waals surface area contributed by atoms with Crippen molar-refractivity contribution in [2.24, 2.45) is 5.92 Å². The van der Waals surface area contributed by atoms with Crippen LogP contribution in [0.4, 0.5) is 17.1 Å². The molecule has 0 radical (unpaired) electrons. The predicted octanol–water partition coefficient (Wildman–Crippen LogP) is 4.81. The highest BCUT2D eigenvalue weighted by atomic mass is 32.1. The van der Waals surface area contributed by atoms with Crippen LogP contribution in [-0.2, 0) is 6.54 Å². The summed E-state index contributed by atoms with van der Waals surface area (Å²) in [5.74, 6) is 0.460. The van der Waals surface area contributed by atoms with Crippen molar-refractivity contribution in [3.8, 4) is 0 Å². The van der Waals surface area contributed by atoms with Gasteiger partial charge in [0, 0.05) is 55.1 Å². The molecule has 3 aromatic rings. The fraction of sp³-hybridized carbons (Fsp3) is 0.300. The molecular formula is C30H33N5O2S. The molecule has 7 nitrogen and oxygen atoms in total. The molecule has 196 valence electrons. The zero-order valence-electron chi connectivity index (χ0n) is 21.8.